The van der Waals surface area contributed by atoms with Gasteiger partial charge in [-0.1, -0.05) is 0 Å². The fourth-order valence-electron chi connectivity index (χ4n) is 1.12. The lowest BCUT2D eigenvalue weighted by Gasteiger charge is -2.21. The smallest absolute Gasteiger partial charge is 0.273 e. The fraction of sp³-hybridized carbons (Fsp3) is 0.364. The summed E-state index contributed by atoms with van der Waals surface area (Å²) >= 11 is 0. The summed E-state index contributed by atoms with van der Waals surface area (Å²) in [6.07, 6.45) is 0. The number of phenolic OH excluding ortho intramolecular Hbond substituents is 1. The third-order valence-corrected chi connectivity index (χ3v) is 2.57. The first-order valence-electron chi connectivity index (χ1n) is 5.27. The van der Waals surface area contributed by atoms with Gasteiger partial charge in [0.1, 0.15) is 5.75 Å². The zero-order valence-corrected chi connectivity index (χ0v) is 10.1. The summed E-state index contributed by atoms with van der Waals surface area (Å²) in [5, 5.41) is 22.5. The van der Waals surface area contributed by atoms with Gasteiger partial charge in [-0.05, 0) is 19.9 Å². The highest BCUT2D eigenvalue weighted by molar-refractivity contribution is 5.96. The molecule has 1 rings (SSSR count). The molecule has 0 saturated heterocycles. The van der Waals surface area contributed by atoms with Crippen molar-refractivity contribution < 1.29 is 14.8 Å². The number of nitrogens with one attached hydrogen (secondary N) is 1. The number of carbonyl (C=O) groups excluding carboxylic acids is 1. The average molecular weight is 253 g/mol. The van der Waals surface area contributed by atoms with Gasteiger partial charge in [-0.25, -0.2) is 0 Å². The third kappa shape index (κ3) is 2.95. The molecular weight excluding hydrogens is 238 g/mol. The number of nitrogens with two attached hydrogens (primary N) is 1. The van der Waals surface area contributed by atoms with E-state index in [0.717, 1.165) is 6.07 Å². The predicted molar refractivity (Wildman–Crippen MR) is 66.2 cm³/mol. The van der Waals surface area contributed by atoms with Gasteiger partial charge in [-0.3, -0.25) is 14.9 Å². The fourth-order valence-corrected chi connectivity index (χ4v) is 1.12. The highest BCUT2D eigenvalue weighted by Gasteiger charge is 2.26. The van der Waals surface area contributed by atoms with Crippen LogP contribution < -0.4 is 11.1 Å². The van der Waals surface area contributed by atoms with Gasteiger partial charge in [0.2, 0.25) is 5.91 Å². The Labute approximate surface area is 104 Å². The van der Waals surface area contributed by atoms with E-state index < -0.39 is 10.3 Å². The lowest BCUT2D eigenvalue weighted by atomic mass is 9.92. The molecule has 0 aliphatic heterocycles. The van der Waals surface area contributed by atoms with Crippen LogP contribution in [0.4, 0.5) is 11.4 Å². The van der Waals surface area contributed by atoms with E-state index in [1.165, 1.54) is 12.1 Å². The largest absolute Gasteiger partial charge is 0.506 e. The monoisotopic (exact) mass is 253 g/mol. The molecule has 1 amide bonds. The predicted octanol–water partition coefficient (Wildman–Crippen LogP) is 1.22. The highest BCUT2D eigenvalue weighted by Crippen LogP contribution is 2.29. The second kappa shape index (κ2) is 5.01. The van der Waals surface area contributed by atoms with E-state index in [0.29, 0.717) is 0 Å². The Kier molecular flexibility index (Phi) is 3.87. The van der Waals surface area contributed by atoms with Crippen molar-refractivity contribution in [3.05, 3.63) is 28.3 Å². The minimum absolute atomic E-state index is 0.118. The van der Waals surface area contributed by atoms with Gasteiger partial charge in [0.25, 0.3) is 5.69 Å². The second-order valence-electron chi connectivity index (χ2n) is 4.50. The molecule has 0 fully saturated rings. The SMILES string of the molecule is CC(C)(CN)C(=O)Nc1ccc([N+](=O)[O-])cc1O. The number of non-ortho nitro benzene ring substituents is 1. The van der Waals surface area contributed by atoms with Crippen LogP contribution in [0.15, 0.2) is 18.2 Å². The molecular formula is C11H15N3O4. The molecule has 0 spiro atoms. The number of phenols is 1. The molecule has 1 aromatic rings. The number of aromatic hydroxyl groups is 1. The van der Waals surface area contributed by atoms with Crippen molar-refractivity contribution in [2.24, 2.45) is 11.1 Å². The zero-order valence-electron chi connectivity index (χ0n) is 10.1. The van der Waals surface area contributed by atoms with E-state index >= 15 is 0 Å². The minimum atomic E-state index is -0.784. The van der Waals surface area contributed by atoms with Crippen LogP contribution in [0.1, 0.15) is 13.8 Å². The number of nitro benzene ring substituents is 1. The number of hydrogen-bond donors (Lipinski definition) is 3. The van der Waals surface area contributed by atoms with Crippen molar-refractivity contribution in [1.82, 2.24) is 0 Å². The van der Waals surface area contributed by atoms with Crippen molar-refractivity contribution in [3.8, 4) is 5.75 Å². The van der Waals surface area contributed by atoms with E-state index in [2.05, 4.69) is 5.32 Å². The van der Waals surface area contributed by atoms with Gasteiger partial charge in [-0.15, -0.1) is 0 Å². The number of rotatable bonds is 4. The summed E-state index contributed by atoms with van der Waals surface area (Å²) in [6.45, 7) is 3.46. The van der Waals surface area contributed by atoms with E-state index in [1.54, 1.807) is 13.8 Å². The standard InChI is InChI=1S/C11H15N3O4/c1-11(2,6-12)10(16)13-8-4-3-7(14(17)18)5-9(8)15/h3-5,15H,6,12H2,1-2H3,(H,13,16). The van der Waals surface area contributed by atoms with Crippen LogP contribution in [0, 0.1) is 15.5 Å². The molecule has 0 aromatic heterocycles. The number of benzene rings is 1. The number of anilines is 1. The quantitative estimate of drug-likeness (QED) is 0.423. The number of nitrogens with zero attached hydrogens (tertiary/aromatic N) is 1. The van der Waals surface area contributed by atoms with Gasteiger partial charge >= 0.3 is 0 Å². The summed E-state index contributed by atoms with van der Waals surface area (Å²) in [7, 11) is 0. The van der Waals surface area contributed by atoms with E-state index in [4.69, 9.17) is 5.73 Å². The molecule has 0 saturated carbocycles. The van der Waals surface area contributed by atoms with Crippen LogP contribution in [0.5, 0.6) is 5.75 Å². The number of hydrogen-bond acceptors (Lipinski definition) is 5. The van der Waals surface area contributed by atoms with Crippen LogP contribution in [0.2, 0.25) is 0 Å². The van der Waals surface area contributed by atoms with Crippen molar-refractivity contribution in [3.63, 3.8) is 0 Å². The molecule has 18 heavy (non-hydrogen) atoms. The molecule has 7 nitrogen and oxygen atoms in total. The Bertz CT molecular complexity index is 485. The number of carbonyl (C=O) groups is 1. The van der Waals surface area contributed by atoms with E-state index in [-0.39, 0.29) is 29.6 Å². The normalized spacial score (nSPS) is 11.1. The molecule has 0 heterocycles. The Balaban J connectivity index is 2.93. The topological polar surface area (TPSA) is 118 Å². The maximum atomic E-state index is 11.8. The Hall–Kier alpha value is -2.15. The zero-order chi connectivity index (χ0) is 13.9. The first-order valence-corrected chi connectivity index (χ1v) is 5.27. The molecule has 0 radical (unpaired) electrons. The molecule has 4 N–H and O–H groups in total. The molecule has 0 bridgehead atoms. The number of nitro groups is 1. The van der Waals surface area contributed by atoms with Crippen molar-refractivity contribution in [2.75, 3.05) is 11.9 Å². The summed E-state index contributed by atoms with van der Waals surface area (Å²) in [6, 6.07) is 3.45. The lowest BCUT2D eigenvalue weighted by Crippen LogP contribution is -2.37. The van der Waals surface area contributed by atoms with E-state index in [1.807, 2.05) is 0 Å². The Morgan fingerprint density at radius 2 is 2.17 bits per heavy atom. The summed E-state index contributed by atoms with van der Waals surface area (Å²) in [5.41, 5.74) is 4.54. The van der Waals surface area contributed by atoms with Crippen LogP contribution >= 0.6 is 0 Å². The summed E-state index contributed by atoms with van der Waals surface area (Å²) in [5.74, 6) is -0.723. The molecule has 7 heteroatoms. The molecule has 0 aliphatic rings. The highest BCUT2D eigenvalue weighted by atomic mass is 16.6. The number of amides is 1. The maximum absolute atomic E-state index is 11.8. The van der Waals surface area contributed by atoms with Gasteiger partial charge in [0.05, 0.1) is 22.1 Å². The minimum Gasteiger partial charge on any atom is -0.506 e. The Morgan fingerprint density at radius 1 is 1.56 bits per heavy atom. The molecule has 1 aromatic carbocycles. The average Bonchev–Trinajstić information content (AvgIpc) is 2.31. The summed E-state index contributed by atoms with van der Waals surface area (Å²) in [4.78, 5) is 21.7. The Morgan fingerprint density at radius 3 is 2.61 bits per heavy atom. The second-order valence-corrected chi connectivity index (χ2v) is 4.50. The van der Waals surface area contributed by atoms with Crippen LogP contribution in [-0.4, -0.2) is 22.5 Å². The first-order chi connectivity index (χ1) is 8.27. The third-order valence-electron chi connectivity index (χ3n) is 2.57. The van der Waals surface area contributed by atoms with Gasteiger partial charge in [-0.2, -0.15) is 0 Å². The molecule has 0 unspecified atom stereocenters. The first kappa shape index (κ1) is 13.9. The molecule has 98 valence electrons. The van der Waals surface area contributed by atoms with Crippen LogP contribution in [0.25, 0.3) is 0 Å². The summed E-state index contributed by atoms with van der Waals surface area (Å²) < 4.78 is 0. The molecule has 0 aliphatic carbocycles. The van der Waals surface area contributed by atoms with Crippen LogP contribution in [0.3, 0.4) is 0 Å². The van der Waals surface area contributed by atoms with E-state index in [9.17, 15) is 20.0 Å². The lowest BCUT2D eigenvalue weighted by molar-refractivity contribution is -0.384. The van der Waals surface area contributed by atoms with Gasteiger partial charge in [0.15, 0.2) is 0 Å². The maximum Gasteiger partial charge on any atom is 0.273 e. The molecule has 0 atom stereocenters. The van der Waals surface area contributed by atoms with Crippen molar-refractivity contribution in [2.45, 2.75) is 13.8 Å². The van der Waals surface area contributed by atoms with Gasteiger partial charge < -0.3 is 16.2 Å². The van der Waals surface area contributed by atoms with Gasteiger partial charge in [0, 0.05) is 12.6 Å². The van der Waals surface area contributed by atoms with Crippen molar-refractivity contribution >= 4 is 17.3 Å². The van der Waals surface area contributed by atoms with Crippen LogP contribution in [-0.2, 0) is 4.79 Å². The van der Waals surface area contributed by atoms with Crippen molar-refractivity contribution in [1.29, 1.82) is 0 Å².